The molecule has 5 nitrogen and oxygen atoms in total. The minimum Gasteiger partial charge on any atom is -0.340 e. The van der Waals surface area contributed by atoms with Crippen LogP contribution in [0.3, 0.4) is 0 Å². The van der Waals surface area contributed by atoms with Gasteiger partial charge in [0.15, 0.2) is 0 Å². The molecule has 0 radical (unpaired) electrons. The Morgan fingerprint density at radius 1 is 1.08 bits per heavy atom. The number of piperazine rings is 1. The highest BCUT2D eigenvalue weighted by Crippen LogP contribution is 2.39. The number of nitrogens with zero attached hydrogens (tertiary/aromatic N) is 2. The second-order valence-corrected chi connectivity index (χ2v) is 8.51. The summed E-state index contributed by atoms with van der Waals surface area (Å²) in [6.07, 6.45) is -3.63. The monoisotopic (exact) mass is 376 g/mol. The molecule has 25 heavy (non-hydrogen) atoms. The summed E-state index contributed by atoms with van der Waals surface area (Å²) in [7, 11) is -3.86. The number of sulfonamides is 1. The van der Waals surface area contributed by atoms with Gasteiger partial charge in [-0.25, -0.2) is 8.42 Å². The molecule has 0 N–H and O–H groups in total. The van der Waals surface area contributed by atoms with Crippen molar-refractivity contribution in [3.8, 4) is 0 Å². The Labute approximate surface area is 144 Å². The van der Waals surface area contributed by atoms with Gasteiger partial charge in [-0.3, -0.25) is 4.79 Å². The van der Waals surface area contributed by atoms with Crippen LogP contribution in [0.5, 0.6) is 0 Å². The van der Waals surface area contributed by atoms with Crippen molar-refractivity contribution >= 4 is 15.9 Å². The SMILES string of the molecule is C[C@@H]1C[C@H]1C(=O)N1CCN(S(=O)(=O)c2ccc(C(F)(F)F)cc2)CC1. The van der Waals surface area contributed by atoms with Crippen molar-refractivity contribution in [1.29, 1.82) is 0 Å². The average molecular weight is 376 g/mol. The molecule has 2 atom stereocenters. The van der Waals surface area contributed by atoms with Gasteiger partial charge in [-0.1, -0.05) is 6.92 Å². The molecule has 1 aliphatic heterocycles. The quantitative estimate of drug-likeness (QED) is 0.813. The second-order valence-electron chi connectivity index (χ2n) is 6.57. The minimum absolute atomic E-state index is 0.0538. The van der Waals surface area contributed by atoms with E-state index < -0.39 is 21.8 Å². The molecular formula is C16H19F3N2O3S. The fourth-order valence-electron chi connectivity index (χ4n) is 3.01. The molecule has 2 aliphatic rings. The molecule has 3 rings (SSSR count). The van der Waals surface area contributed by atoms with Crippen LogP contribution in [-0.4, -0.2) is 49.7 Å². The van der Waals surface area contributed by atoms with E-state index >= 15 is 0 Å². The zero-order valence-electron chi connectivity index (χ0n) is 13.7. The van der Waals surface area contributed by atoms with Gasteiger partial charge in [-0.05, 0) is 36.6 Å². The molecule has 1 amide bonds. The van der Waals surface area contributed by atoms with Crippen LogP contribution in [0, 0.1) is 11.8 Å². The highest BCUT2D eigenvalue weighted by molar-refractivity contribution is 7.89. The van der Waals surface area contributed by atoms with E-state index in [2.05, 4.69) is 0 Å². The van der Waals surface area contributed by atoms with Crippen molar-refractivity contribution in [2.24, 2.45) is 11.8 Å². The van der Waals surface area contributed by atoms with Gasteiger partial charge in [0.1, 0.15) is 0 Å². The van der Waals surface area contributed by atoms with E-state index in [0.717, 1.165) is 30.7 Å². The van der Waals surface area contributed by atoms with Crippen LogP contribution < -0.4 is 0 Å². The Morgan fingerprint density at radius 2 is 1.60 bits per heavy atom. The van der Waals surface area contributed by atoms with Gasteiger partial charge in [0.25, 0.3) is 0 Å². The summed E-state index contributed by atoms with van der Waals surface area (Å²) in [5.41, 5.74) is -0.889. The number of carbonyl (C=O) groups is 1. The number of halogens is 3. The summed E-state index contributed by atoms with van der Waals surface area (Å²) in [6, 6.07) is 3.48. The van der Waals surface area contributed by atoms with Crippen LogP contribution in [0.15, 0.2) is 29.2 Å². The van der Waals surface area contributed by atoms with E-state index in [1.165, 1.54) is 4.31 Å². The van der Waals surface area contributed by atoms with E-state index in [4.69, 9.17) is 0 Å². The normalized spacial score (nSPS) is 25.0. The highest BCUT2D eigenvalue weighted by Gasteiger charge is 2.42. The van der Waals surface area contributed by atoms with E-state index in [1.807, 2.05) is 6.92 Å². The lowest BCUT2D eigenvalue weighted by Gasteiger charge is -2.34. The summed E-state index contributed by atoms with van der Waals surface area (Å²) in [5.74, 6) is 0.513. The number of alkyl halides is 3. The number of hydrogen-bond donors (Lipinski definition) is 0. The number of hydrogen-bond acceptors (Lipinski definition) is 3. The first-order chi connectivity index (χ1) is 11.6. The minimum atomic E-state index is -4.51. The highest BCUT2D eigenvalue weighted by atomic mass is 32.2. The van der Waals surface area contributed by atoms with E-state index in [1.54, 1.807) is 4.90 Å². The van der Waals surface area contributed by atoms with E-state index in [9.17, 15) is 26.4 Å². The lowest BCUT2D eigenvalue weighted by Crippen LogP contribution is -2.51. The Balaban J connectivity index is 1.66. The molecule has 1 saturated carbocycles. The molecule has 9 heteroatoms. The van der Waals surface area contributed by atoms with Crippen LogP contribution in [-0.2, 0) is 21.0 Å². The molecule has 1 aliphatic carbocycles. The molecule has 138 valence electrons. The van der Waals surface area contributed by atoms with Crippen molar-refractivity contribution in [3.05, 3.63) is 29.8 Å². The zero-order valence-corrected chi connectivity index (χ0v) is 14.5. The van der Waals surface area contributed by atoms with Crippen LogP contribution in [0.25, 0.3) is 0 Å². The summed E-state index contributed by atoms with van der Waals surface area (Å²) < 4.78 is 64.1. The van der Waals surface area contributed by atoms with Crippen molar-refractivity contribution < 1.29 is 26.4 Å². The first-order valence-corrected chi connectivity index (χ1v) is 9.51. The fourth-order valence-corrected chi connectivity index (χ4v) is 4.44. The number of benzene rings is 1. The van der Waals surface area contributed by atoms with Gasteiger partial charge in [0.05, 0.1) is 10.5 Å². The third kappa shape index (κ3) is 3.67. The predicted octanol–water partition coefficient (Wildman–Crippen LogP) is 2.19. The number of rotatable bonds is 3. The Hall–Kier alpha value is -1.61. The third-order valence-electron chi connectivity index (χ3n) is 4.80. The first-order valence-electron chi connectivity index (χ1n) is 8.07. The summed E-state index contributed by atoms with van der Waals surface area (Å²) in [4.78, 5) is 13.7. The van der Waals surface area contributed by atoms with Crippen molar-refractivity contribution in [2.75, 3.05) is 26.2 Å². The molecule has 0 spiro atoms. The van der Waals surface area contributed by atoms with Gasteiger partial charge in [-0.15, -0.1) is 0 Å². The lowest BCUT2D eigenvalue weighted by atomic mass is 10.2. The van der Waals surface area contributed by atoms with Crippen molar-refractivity contribution in [2.45, 2.75) is 24.4 Å². The van der Waals surface area contributed by atoms with Crippen LogP contribution in [0.4, 0.5) is 13.2 Å². The molecule has 0 aromatic heterocycles. The number of carbonyl (C=O) groups excluding carboxylic acids is 1. The molecule has 0 bridgehead atoms. The summed E-state index contributed by atoms with van der Waals surface area (Å²) in [5, 5.41) is 0. The van der Waals surface area contributed by atoms with Crippen LogP contribution in [0.2, 0.25) is 0 Å². The van der Waals surface area contributed by atoms with Gasteiger partial charge in [0, 0.05) is 32.1 Å². The average Bonchev–Trinajstić information content (AvgIpc) is 3.30. The maximum absolute atomic E-state index is 12.6. The maximum Gasteiger partial charge on any atom is 0.416 e. The third-order valence-corrected chi connectivity index (χ3v) is 6.71. The summed E-state index contributed by atoms with van der Waals surface area (Å²) in [6.45, 7) is 2.92. The largest absolute Gasteiger partial charge is 0.416 e. The molecule has 1 saturated heterocycles. The number of amides is 1. The smallest absolute Gasteiger partial charge is 0.340 e. The Bertz CT molecular complexity index is 754. The molecule has 1 heterocycles. The lowest BCUT2D eigenvalue weighted by molar-refractivity contribution is -0.137. The topological polar surface area (TPSA) is 57.7 Å². The molecular weight excluding hydrogens is 357 g/mol. The van der Waals surface area contributed by atoms with Crippen molar-refractivity contribution in [1.82, 2.24) is 9.21 Å². The Morgan fingerprint density at radius 3 is 2.04 bits per heavy atom. The zero-order chi connectivity index (χ0) is 18.4. The Kier molecular flexibility index (Phi) is 4.57. The second kappa shape index (κ2) is 6.28. The van der Waals surface area contributed by atoms with Gasteiger partial charge >= 0.3 is 6.18 Å². The van der Waals surface area contributed by atoms with E-state index in [0.29, 0.717) is 19.0 Å². The predicted molar refractivity (Wildman–Crippen MR) is 84.1 cm³/mol. The standard InChI is InChI=1S/C16H19F3N2O3S/c1-11-10-14(11)15(22)20-6-8-21(9-7-20)25(23,24)13-4-2-12(3-5-13)16(17,18)19/h2-5,11,14H,6-10H2,1H3/t11-,14-/m1/s1. The maximum atomic E-state index is 12.6. The first kappa shape index (κ1) is 18.2. The van der Waals surface area contributed by atoms with Crippen molar-refractivity contribution in [3.63, 3.8) is 0 Å². The fraction of sp³-hybridized carbons (Fsp3) is 0.562. The van der Waals surface area contributed by atoms with Gasteiger partial charge in [-0.2, -0.15) is 17.5 Å². The van der Waals surface area contributed by atoms with Gasteiger partial charge < -0.3 is 4.90 Å². The van der Waals surface area contributed by atoms with Crippen LogP contribution in [0.1, 0.15) is 18.9 Å². The van der Waals surface area contributed by atoms with Gasteiger partial charge in [0.2, 0.25) is 15.9 Å². The van der Waals surface area contributed by atoms with Crippen LogP contribution >= 0.6 is 0 Å². The summed E-state index contributed by atoms with van der Waals surface area (Å²) >= 11 is 0. The molecule has 0 unspecified atom stereocenters. The molecule has 1 aromatic carbocycles. The molecule has 2 fully saturated rings. The molecule has 1 aromatic rings. The van der Waals surface area contributed by atoms with E-state index in [-0.39, 0.29) is 29.8 Å².